The Kier molecular flexibility index (Phi) is 8.02. The lowest BCUT2D eigenvalue weighted by Crippen LogP contribution is -2.23. The average Bonchev–Trinajstić information content (AvgIpc) is 2.69. The second-order valence-electron chi connectivity index (χ2n) is 6.09. The number of benzene rings is 2. The Morgan fingerprint density at radius 1 is 0.966 bits per heavy atom. The Bertz CT molecular complexity index is 957. The standard InChI is InChI=1S/C20H23NO7S/c1-3-11-26-17-9-4-5-10-18(17)27-14-20(23)28-13-19(22)21-15-7-6-8-16(12-15)29(2,24)25/h4-10,12H,3,11,13-14H2,1-2H3,(H,21,22). The Hall–Kier alpha value is -3.07. The van der Waals surface area contributed by atoms with E-state index in [2.05, 4.69) is 5.32 Å². The number of amides is 1. The number of esters is 1. The minimum atomic E-state index is -3.39. The van der Waals surface area contributed by atoms with E-state index < -0.39 is 28.3 Å². The van der Waals surface area contributed by atoms with Gasteiger partial charge in [0, 0.05) is 11.9 Å². The first-order chi connectivity index (χ1) is 13.8. The van der Waals surface area contributed by atoms with Gasteiger partial charge in [-0.15, -0.1) is 0 Å². The minimum absolute atomic E-state index is 0.0738. The van der Waals surface area contributed by atoms with Gasteiger partial charge in [-0.05, 0) is 36.8 Å². The molecule has 156 valence electrons. The van der Waals surface area contributed by atoms with Gasteiger partial charge in [0.05, 0.1) is 11.5 Å². The van der Waals surface area contributed by atoms with E-state index in [1.165, 1.54) is 24.3 Å². The van der Waals surface area contributed by atoms with Crippen molar-refractivity contribution in [2.24, 2.45) is 0 Å². The molecule has 29 heavy (non-hydrogen) atoms. The summed E-state index contributed by atoms with van der Waals surface area (Å²) in [6.45, 7) is 1.58. The van der Waals surface area contributed by atoms with Crippen LogP contribution in [0.1, 0.15) is 13.3 Å². The van der Waals surface area contributed by atoms with Gasteiger partial charge in [-0.25, -0.2) is 13.2 Å². The zero-order valence-corrected chi connectivity index (χ0v) is 17.0. The van der Waals surface area contributed by atoms with Crippen LogP contribution in [0.3, 0.4) is 0 Å². The largest absolute Gasteiger partial charge is 0.490 e. The highest BCUT2D eigenvalue weighted by Crippen LogP contribution is 2.26. The Morgan fingerprint density at radius 2 is 1.66 bits per heavy atom. The summed E-state index contributed by atoms with van der Waals surface area (Å²) in [5, 5.41) is 2.47. The Balaban J connectivity index is 1.82. The van der Waals surface area contributed by atoms with E-state index in [9.17, 15) is 18.0 Å². The van der Waals surface area contributed by atoms with Crippen LogP contribution in [-0.2, 0) is 24.2 Å². The van der Waals surface area contributed by atoms with Crippen LogP contribution < -0.4 is 14.8 Å². The fourth-order valence-electron chi connectivity index (χ4n) is 2.23. The molecule has 0 aliphatic rings. The second kappa shape index (κ2) is 10.5. The lowest BCUT2D eigenvalue weighted by molar-refractivity contribution is -0.149. The molecule has 0 spiro atoms. The normalized spacial score (nSPS) is 10.8. The fraction of sp³-hybridized carbons (Fsp3) is 0.300. The van der Waals surface area contributed by atoms with Crippen LogP contribution in [0.15, 0.2) is 53.4 Å². The molecule has 0 radical (unpaired) electrons. The quantitative estimate of drug-likeness (QED) is 0.587. The number of para-hydroxylation sites is 2. The van der Waals surface area contributed by atoms with Crippen LogP contribution in [0, 0.1) is 0 Å². The molecule has 0 atom stereocenters. The van der Waals surface area contributed by atoms with Crippen molar-refractivity contribution in [1.82, 2.24) is 0 Å². The van der Waals surface area contributed by atoms with Gasteiger partial charge in [-0.1, -0.05) is 25.1 Å². The molecule has 0 aliphatic heterocycles. The van der Waals surface area contributed by atoms with Gasteiger partial charge in [-0.2, -0.15) is 0 Å². The van der Waals surface area contributed by atoms with Gasteiger partial charge < -0.3 is 19.5 Å². The summed E-state index contributed by atoms with van der Waals surface area (Å²) < 4.78 is 38.9. The van der Waals surface area contributed by atoms with E-state index in [4.69, 9.17) is 14.2 Å². The Morgan fingerprint density at radius 3 is 2.31 bits per heavy atom. The second-order valence-corrected chi connectivity index (χ2v) is 8.11. The topological polar surface area (TPSA) is 108 Å². The molecule has 0 unspecified atom stereocenters. The van der Waals surface area contributed by atoms with Crippen LogP contribution in [0.25, 0.3) is 0 Å². The maximum atomic E-state index is 11.9. The van der Waals surface area contributed by atoms with Crippen LogP contribution in [0.5, 0.6) is 11.5 Å². The Labute approximate surface area is 169 Å². The van der Waals surface area contributed by atoms with E-state index in [1.807, 2.05) is 6.92 Å². The highest BCUT2D eigenvalue weighted by atomic mass is 32.2. The average molecular weight is 421 g/mol. The van der Waals surface area contributed by atoms with Crippen molar-refractivity contribution in [2.75, 3.05) is 31.4 Å². The summed E-state index contributed by atoms with van der Waals surface area (Å²) in [6.07, 6.45) is 1.90. The number of nitrogens with one attached hydrogen (secondary N) is 1. The summed E-state index contributed by atoms with van der Waals surface area (Å²) in [6, 6.07) is 12.7. The molecular formula is C20H23NO7S. The van der Waals surface area contributed by atoms with E-state index >= 15 is 0 Å². The van der Waals surface area contributed by atoms with Gasteiger partial charge in [0.15, 0.2) is 34.6 Å². The van der Waals surface area contributed by atoms with Crippen LogP contribution in [0.4, 0.5) is 5.69 Å². The summed E-state index contributed by atoms with van der Waals surface area (Å²) in [4.78, 5) is 23.8. The molecule has 0 saturated heterocycles. The third kappa shape index (κ3) is 7.46. The molecule has 9 heteroatoms. The number of hydrogen-bond donors (Lipinski definition) is 1. The number of carbonyl (C=O) groups is 2. The van der Waals surface area contributed by atoms with Crippen LogP contribution >= 0.6 is 0 Å². The molecule has 2 rings (SSSR count). The van der Waals surface area contributed by atoms with Crippen molar-refractivity contribution in [3.8, 4) is 11.5 Å². The smallest absolute Gasteiger partial charge is 0.344 e. The first kappa shape index (κ1) is 22.2. The van der Waals surface area contributed by atoms with Gasteiger partial charge in [-0.3, -0.25) is 4.79 Å². The first-order valence-electron chi connectivity index (χ1n) is 8.90. The molecule has 2 aromatic carbocycles. The molecule has 0 heterocycles. The van der Waals surface area contributed by atoms with Gasteiger partial charge in [0.25, 0.3) is 5.91 Å². The lowest BCUT2D eigenvalue weighted by atomic mass is 10.3. The first-order valence-corrected chi connectivity index (χ1v) is 10.8. The van der Waals surface area contributed by atoms with Crippen molar-refractivity contribution in [1.29, 1.82) is 0 Å². The predicted molar refractivity (Wildman–Crippen MR) is 107 cm³/mol. The molecule has 0 fully saturated rings. The number of carbonyl (C=O) groups excluding carboxylic acids is 2. The van der Waals surface area contributed by atoms with Crippen LogP contribution in [-0.4, -0.2) is 46.4 Å². The van der Waals surface area contributed by atoms with E-state index in [0.717, 1.165) is 12.7 Å². The number of sulfone groups is 1. The third-order valence-corrected chi connectivity index (χ3v) is 4.68. The van der Waals surface area contributed by atoms with Crippen molar-refractivity contribution in [3.05, 3.63) is 48.5 Å². The number of anilines is 1. The van der Waals surface area contributed by atoms with E-state index in [0.29, 0.717) is 18.1 Å². The minimum Gasteiger partial charge on any atom is -0.490 e. The SMILES string of the molecule is CCCOc1ccccc1OCC(=O)OCC(=O)Nc1cccc(S(C)(=O)=O)c1. The number of hydrogen-bond acceptors (Lipinski definition) is 7. The maximum absolute atomic E-state index is 11.9. The number of ether oxygens (including phenoxy) is 3. The van der Waals surface area contributed by atoms with Gasteiger partial charge in [0.1, 0.15) is 0 Å². The summed E-state index contributed by atoms with van der Waals surface area (Å²) in [5.41, 5.74) is 0.284. The molecule has 1 N–H and O–H groups in total. The molecule has 0 aromatic heterocycles. The monoisotopic (exact) mass is 421 g/mol. The van der Waals surface area contributed by atoms with Crippen molar-refractivity contribution in [2.45, 2.75) is 18.2 Å². The summed E-state index contributed by atoms with van der Waals surface area (Å²) in [5.74, 6) is -0.406. The van der Waals surface area contributed by atoms with Crippen molar-refractivity contribution < 1.29 is 32.2 Å². The van der Waals surface area contributed by atoms with Crippen molar-refractivity contribution in [3.63, 3.8) is 0 Å². The summed E-state index contributed by atoms with van der Waals surface area (Å²) in [7, 11) is -3.39. The lowest BCUT2D eigenvalue weighted by Gasteiger charge is -2.12. The third-order valence-electron chi connectivity index (χ3n) is 3.57. The predicted octanol–water partition coefficient (Wildman–Crippen LogP) is 2.44. The highest BCUT2D eigenvalue weighted by Gasteiger charge is 2.12. The molecule has 2 aromatic rings. The van der Waals surface area contributed by atoms with Crippen molar-refractivity contribution >= 4 is 27.4 Å². The fourth-order valence-corrected chi connectivity index (χ4v) is 2.89. The molecule has 0 bridgehead atoms. The molecule has 8 nitrogen and oxygen atoms in total. The maximum Gasteiger partial charge on any atom is 0.344 e. The van der Waals surface area contributed by atoms with E-state index in [1.54, 1.807) is 24.3 Å². The summed E-state index contributed by atoms with van der Waals surface area (Å²) >= 11 is 0. The molecule has 0 saturated carbocycles. The zero-order valence-electron chi connectivity index (χ0n) is 16.2. The highest BCUT2D eigenvalue weighted by molar-refractivity contribution is 7.90. The van der Waals surface area contributed by atoms with Gasteiger partial charge in [0.2, 0.25) is 0 Å². The molecule has 0 aliphatic carbocycles. The van der Waals surface area contributed by atoms with Crippen LogP contribution in [0.2, 0.25) is 0 Å². The zero-order chi connectivity index (χ0) is 21.3. The molecular weight excluding hydrogens is 398 g/mol. The molecule has 1 amide bonds. The number of rotatable bonds is 10. The van der Waals surface area contributed by atoms with E-state index in [-0.39, 0.29) is 17.2 Å². The van der Waals surface area contributed by atoms with Gasteiger partial charge >= 0.3 is 5.97 Å².